The smallest absolute Gasteiger partial charge is 0.0138 e. The van der Waals surface area contributed by atoms with E-state index in [1.807, 2.05) is 32.9 Å². The molecule has 76 valence electrons. The summed E-state index contributed by atoms with van der Waals surface area (Å²) in [5.41, 5.74) is 9.46. The Hall–Kier alpha value is -1.08. The lowest BCUT2D eigenvalue weighted by Crippen LogP contribution is -2.34. The molecule has 0 amide bonds. The highest BCUT2D eigenvalue weighted by Gasteiger charge is 2.13. The fraction of sp³-hybridized carbons (Fsp3) is 0.385. The van der Waals surface area contributed by atoms with E-state index >= 15 is 0 Å². The average molecular weight is 189 g/mol. The number of rotatable bonds is 3. The standard InChI is InChI=1S/C13H19N/c1-10(2)12-8-6-5-7-11(12)9-13(3,4)14/h5-8H,1,9,14H2,2-4H3. The SMILES string of the molecule is C=C(C)c1ccccc1CC(C)(C)N. The van der Waals surface area contributed by atoms with Crippen molar-refractivity contribution in [1.82, 2.24) is 0 Å². The third-order valence-electron chi connectivity index (χ3n) is 2.12. The fourth-order valence-corrected chi connectivity index (χ4v) is 1.58. The number of hydrogen-bond acceptors (Lipinski definition) is 1. The third kappa shape index (κ3) is 3.00. The van der Waals surface area contributed by atoms with Crippen LogP contribution in [0.25, 0.3) is 5.57 Å². The van der Waals surface area contributed by atoms with Gasteiger partial charge in [-0.1, -0.05) is 36.4 Å². The van der Waals surface area contributed by atoms with E-state index in [1.54, 1.807) is 0 Å². The Bertz CT molecular complexity index is 331. The highest BCUT2D eigenvalue weighted by molar-refractivity contribution is 5.64. The lowest BCUT2D eigenvalue weighted by Gasteiger charge is -2.20. The van der Waals surface area contributed by atoms with Crippen molar-refractivity contribution >= 4 is 5.57 Å². The number of hydrogen-bond donors (Lipinski definition) is 1. The van der Waals surface area contributed by atoms with Crippen molar-refractivity contribution in [2.45, 2.75) is 32.7 Å². The Morgan fingerprint density at radius 2 is 1.93 bits per heavy atom. The van der Waals surface area contributed by atoms with E-state index < -0.39 is 0 Å². The van der Waals surface area contributed by atoms with E-state index in [4.69, 9.17) is 5.73 Å². The summed E-state index contributed by atoms with van der Waals surface area (Å²) in [6.07, 6.45) is 0.885. The minimum atomic E-state index is -0.161. The maximum atomic E-state index is 6.01. The van der Waals surface area contributed by atoms with Crippen LogP contribution in [0.1, 0.15) is 31.9 Å². The first kappa shape index (κ1) is 11.0. The van der Waals surface area contributed by atoms with Gasteiger partial charge in [-0.25, -0.2) is 0 Å². The van der Waals surface area contributed by atoms with Crippen LogP contribution in [0.3, 0.4) is 0 Å². The molecule has 1 aromatic rings. The van der Waals surface area contributed by atoms with Gasteiger partial charge in [0.1, 0.15) is 0 Å². The molecule has 0 bridgehead atoms. The van der Waals surface area contributed by atoms with Gasteiger partial charge >= 0.3 is 0 Å². The van der Waals surface area contributed by atoms with Crippen LogP contribution in [0, 0.1) is 0 Å². The van der Waals surface area contributed by atoms with Crippen LogP contribution in [0.5, 0.6) is 0 Å². The summed E-state index contributed by atoms with van der Waals surface area (Å²) in [6, 6.07) is 8.31. The number of benzene rings is 1. The Morgan fingerprint density at radius 1 is 1.36 bits per heavy atom. The Labute approximate surface area is 86.6 Å². The molecule has 2 N–H and O–H groups in total. The first-order valence-electron chi connectivity index (χ1n) is 4.93. The molecule has 0 unspecified atom stereocenters. The predicted molar refractivity (Wildman–Crippen MR) is 63.1 cm³/mol. The van der Waals surface area contributed by atoms with Crippen molar-refractivity contribution in [3.63, 3.8) is 0 Å². The van der Waals surface area contributed by atoms with Gasteiger partial charge in [-0.3, -0.25) is 0 Å². The summed E-state index contributed by atoms with van der Waals surface area (Å²) in [6.45, 7) is 10.1. The molecule has 0 aromatic heterocycles. The molecule has 0 saturated carbocycles. The van der Waals surface area contributed by atoms with E-state index in [9.17, 15) is 0 Å². The van der Waals surface area contributed by atoms with Crippen LogP contribution in [0.2, 0.25) is 0 Å². The summed E-state index contributed by atoms with van der Waals surface area (Å²) in [5, 5.41) is 0. The second-order valence-electron chi connectivity index (χ2n) is 4.60. The van der Waals surface area contributed by atoms with Gasteiger partial charge in [-0.15, -0.1) is 0 Å². The Morgan fingerprint density at radius 3 is 2.43 bits per heavy atom. The van der Waals surface area contributed by atoms with Crippen molar-refractivity contribution in [3.05, 3.63) is 42.0 Å². The van der Waals surface area contributed by atoms with Gasteiger partial charge in [0.2, 0.25) is 0 Å². The quantitative estimate of drug-likeness (QED) is 0.777. The molecule has 1 rings (SSSR count). The first-order valence-corrected chi connectivity index (χ1v) is 4.93. The van der Waals surface area contributed by atoms with Gasteiger partial charge in [0.15, 0.2) is 0 Å². The van der Waals surface area contributed by atoms with Crippen LogP contribution in [-0.2, 0) is 6.42 Å². The highest BCUT2D eigenvalue weighted by atomic mass is 14.7. The Balaban J connectivity index is 3.02. The summed E-state index contributed by atoms with van der Waals surface area (Å²) < 4.78 is 0. The molecule has 0 fully saturated rings. The lowest BCUT2D eigenvalue weighted by molar-refractivity contribution is 0.516. The van der Waals surface area contributed by atoms with Crippen LogP contribution < -0.4 is 5.73 Å². The zero-order chi connectivity index (χ0) is 10.8. The van der Waals surface area contributed by atoms with Gasteiger partial charge in [0.05, 0.1) is 0 Å². The zero-order valence-electron chi connectivity index (χ0n) is 9.30. The molecular formula is C13H19N. The van der Waals surface area contributed by atoms with Crippen molar-refractivity contribution in [2.24, 2.45) is 5.73 Å². The molecule has 0 spiro atoms. The molecule has 1 nitrogen and oxygen atoms in total. The Kier molecular flexibility index (Phi) is 3.12. The maximum Gasteiger partial charge on any atom is 0.0138 e. The van der Waals surface area contributed by atoms with Crippen LogP contribution in [-0.4, -0.2) is 5.54 Å². The van der Waals surface area contributed by atoms with E-state index in [2.05, 4.69) is 18.7 Å². The van der Waals surface area contributed by atoms with Crippen LogP contribution >= 0.6 is 0 Å². The van der Waals surface area contributed by atoms with Gasteiger partial charge < -0.3 is 5.73 Å². The van der Waals surface area contributed by atoms with Crippen LogP contribution in [0.15, 0.2) is 30.8 Å². The van der Waals surface area contributed by atoms with E-state index in [0.29, 0.717) is 0 Å². The number of allylic oxidation sites excluding steroid dienone is 1. The minimum absolute atomic E-state index is 0.161. The van der Waals surface area contributed by atoms with Crippen molar-refractivity contribution < 1.29 is 0 Å². The molecule has 0 atom stereocenters. The lowest BCUT2D eigenvalue weighted by atomic mass is 9.91. The summed E-state index contributed by atoms with van der Waals surface area (Å²) >= 11 is 0. The van der Waals surface area contributed by atoms with Crippen molar-refractivity contribution in [3.8, 4) is 0 Å². The highest BCUT2D eigenvalue weighted by Crippen LogP contribution is 2.20. The second-order valence-corrected chi connectivity index (χ2v) is 4.60. The monoisotopic (exact) mass is 189 g/mol. The largest absolute Gasteiger partial charge is 0.325 e. The molecule has 0 radical (unpaired) electrons. The molecule has 0 heterocycles. The van der Waals surface area contributed by atoms with E-state index in [1.165, 1.54) is 11.1 Å². The maximum absolute atomic E-state index is 6.01. The topological polar surface area (TPSA) is 26.0 Å². The van der Waals surface area contributed by atoms with Crippen molar-refractivity contribution in [2.75, 3.05) is 0 Å². The second kappa shape index (κ2) is 3.97. The molecule has 1 heteroatoms. The summed E-state index contributed by atoms with van der Waals surface area (Å²) in [4.78, 5) is 0. The summed E-state index contributed by atoms with van der Waals surface area (Å²) in [5.74, 6) is 0. The molecule has 14 heavy (non-hydrogen) atoms. The van der Waals surface area contributed by atoms with E-state index in [-0.39, 0.29) is 5.54 Å². The molecule has 0 aliphatic heterocycles. The zero-order valence-corrected chi connectivity index (χ0v) is 9.30. The minimum Gasteiger partial charge on any atom is -0.325 e. The molecule has 0 aliphatic carbocycles. The van der Waals surface area contributed by atoms with E-state index in [0.717, 1.165) is 12.0 Å². The van der Waals surface area contributed by atoms with Gasteiger partial charge in [-0.05, 0) is 38.3 Å². The van der Waals surface area contributed by atoms with Crippen molar-refractivity contribution in [1.29, 1.82) is 0 Å². The average Bonchev–Trinajstić information content (AvgIpc) is 2.01. The molecule has 0 aliphatic rings. The van der Waals surface area contributed by atoms with Gasteiger partial charge in [0.25, 0.3) is 0 Å². The third-order valence-corrected chi connectivity index (χ3v) is 2.12. The van der Waals surface area contributed by atoms with Crippen LogP contribution in [0.4, 0.5) is 0 Å². The molecule has 0 saturated heterocycles. The predicted octanol–water partition coefficient (Wildman–Crippen LogP) is 3.00. The molecule has 1 aromatic carbocycles. The summed E-state index contributed by atoms with van der Waals surface area (Å²) in [7, 11) is 0. The van der Waals surface area contributed by atoms with Gasteiger partial charge in [0, 0.05) is 5.54 Å². The normalized spacial score (nSPS) is 11.4. The number of nitrogens with two attached hydrogens (primary N) is 1. The van der Waals surface area contributed by atoms with Gasteiger partial charge in [-0.2, -0.15) is 0 Å². The fourth-order valence-electron chi connectivity index (χ4n) is 1.58. The molecular weight excluding hydrogens is 170 g/mol. The first-order chi connectivity index (χ1) is 6.40.